The Morgan fingerprint density at radius 3 is 2.68 bits per heavy atom. The van der Waals surface area contributed by atoms with Crippen LogP contribution < -0.4 is 0 Å². The van der Waals surface area contributed by atoms with Crippen molar-refractivity contribution < 1.29 is 14.3 Å². The highest BCUT2D eigenvalue weighted by Crippen LogP contribution is 2.31. The predicted octanol–water partition coefficient (Wildman–Crippen LogP) is 3.99. The van der Waals surface area contributed by atoms with Crippen LogP contribution in [0.2, 0.25) is 0 Å². The lowest BCUT2D eigenvalue weighted by molar-refractivity contribution is -0.137. The van der Waals surface area contributed by atoms with E-state index in [-0.39, 0.29) is 6.42 Å². The number of aryl methyl sites for hydroxylation is 1. The van der Waals surface area contributed by atoms with E-state index >= 15 is 0 Å². The van der Waals surface area contributed by atoms with Gasteiger partial charge in [0.1, 0.15) is 11.2 Å². The molecule has 0 unspecified atom stereocenters. The largest absolute Gasteiger partial charge is 0.481 e. The molecule has 2 aromatic carbocycles. The van der Waals surface area contributed by atoms with Crippen molar-refractivity contribution in [2.45, 2.75) is 19.3 Å². The Kier molecular flexibility index (Phi) is 2.95. The number of fused-ring (bicyclic) bond motifs is 3. The van der Waals surface area contributed by atoms with Gasteiger partial charge in [0.05, 0.1) is 0 Å². The van der Waals surface area contributed by atoms with E-state index < -0.39 is 5.97 Å². The third-order valence-electron chi connectivity index (χ3n) is 3.32. The zero-order valence-electron chi connectivity index (χ0n) is 10.4. The Hall–Kier alpha value is -2.29. The molecular weight excluding hydrogens is 240 g/mol. The van der Waals surface area contributed by atoms with Crippen LogP contribution in [0.15, 0.2) is 46.9 Å². The topological polar surface area (TPSA) is 50.4 Å². The van der Waals surface area contributed by atoms with Crippen molar-refractivity contribution in [3.05, 3.63) is 48.0 Å². The van der Waals surface area contributed by atoms with Crippen molar-refractivity contribution >= 4 is 27.9 Å². The predicted molar refractivity (Wildman–Crippen MR) is 74.3 cm³/mol. The van der Waals surface area contributed by atoms with Crippen molar-refractivity contribution in [1.29, 1.82) is 0 Å². The van der Waals surface area contributed by atoms with Crippen LogP contribution in [0.4, 0.5) is 0 Å². The number of benzene rings is 2. The number of furan rings is 1. The second-order valence-corrected chi connectivity index (χ2v) is 4.64. The maximum atomic E-state index is 10.6. The minimum Gasteiger partial charge on any atom is -0.481 e. The van der Waals surface area contributed by atoms with Crippen molar-refractivity contribution in [2.75, 3.05) is 0 Å². The van der Waals surface area contributed by atoms with Crippen molar-refractivity contribution in [3.8, 4) is 0 Å². The van der Waals surface area contributed by atoms with Gasteiger partial charge in [-0.2, -0.15) is 0 Å². The molecule has 0 radical (unpaired) electrons. The smallest absolute Gasteiger partial charge is 0.303 e. The van der Waals surface area contributed by atoms with Crippen LogP contribution in [0.3, 0.4) is 0 Å². The fraction of sp³-hybridized carbons (Fsp3) is 0.188. The fourth-order valence-electron chi connectivity index (χ4n) is 2.43. The number of para-hydroxylation sites is 2. The van der Waals surface area contributed by atoms with E-state index in [0.29, 0.717) is 6.42 Å². The van der Waals surface area contributed by atoms with Gasteiger partial charge in [0.25, 0.3) is 0 Å². The highest BCUT2D eigenvalue weighted by atomic mass is 16.4. The maximum Gasteiger partial charge on any atom is 0.303 e. The summed E-state index contributed by atoms with van der Waals surface area (Å²) in [5.41, 5.74) is 2.84. The molecule has 1 N–H and O–H groups in total. The highest BCUT2D eigenvalue weighted by Gasteiger charge is 2.10. The number of carbonyl (C=O) groups is 1. The maximum absolute atomic E-state index is 10.6. The first-order valence-corrected chi connectivity index (χ1v) is 6.36. The van der Waals surface area contributed by atoms with Gasteiger partial charge in [-0.25, -0.2) is 0 Å². The van der Waals surface area contributed by atoms with E-state index in [1.807, 2.05) is 42.5 Å². The average Bonchev–Trinajstić information content (AvgIpc) is 2.78. The Morgan fingerprint density at radius 2 is 1.84 bits per heavy atom. The van der Waals surface area contributed by atoms with Gasteiger partial charge in [-0.05, 0) is 24.5 Å². The Balaban J connectivity index is 2.03. The number of hydrogen-bond donors (Lipinski definition) is 1. The molecule has 1 aromatic heterocycles. The van der Waals surface area contributed by atoms with E-state index in [1.165, 1.54) is 0 Å². The minimum atomic E-state index is -0.753. The van der Waals surface area contributed by atoms with Crippen LogP contribution in [0.1, 0.15) is 18.4 Å². The molecule has 19 heavy (non-hydrogen) atoms. The lowest BCUT2D eigenvalue weighted by atomic mass is 10.0. The highest BCUT2D eigenvalue weighted by molar-refractivity contribution is 6.05. The van der Waals surface area contributed by atoms with Crippen molar-refractivity contribution in [3.63, 3.8) is 0 Å². The van der Waals surface area contributed by atoms with E-state index in [0.717, 1.165) is 33.9 Å². The van der Waals surface area contributed by atoms with Crippen LogP contribution in [-0.4, -0.2) is 11.1 Å². The van der Waals surface area contributed by atoms with Gasteiger partial charge < -0.3 is 9.52 Å². The van der Waals surface area contributed by atoms with E-state index in [1.54, 1.807) is 0 Å². The summed E-state index contributed by atoms with van der Waals surface area (Å²) in [6.07, 6.45) is 1.55. The molecule has 3 nitrogen and oxygen atoms in total. The lowest BCUT2D eigenvalue weighted by Crippen LogP contribution is -1.95. The third-order valence-corrected chi connectivity index (χ3v) is 3.32. The quantitative estimate of drug-likeness (QED) is 0.765. The van der Waals surface area contributed by atoms with Crippen molar-refractivity contribution in [2.24, 2.45) is 0 Å². The van der Waals surface area contributed by atoms with E-state index in [4.69, 9.17) is 9.52 Å². The molecule has 0 aliphatic carbocycles. The standard InChI is InChI=1S/C16H14O3/c17-15(18)10-4-6-11-5-3-8-13-12-7-1-2-9-14(12)19-16(11)13/h1-3,5,7-9H,4,6,10H2,(H,17,18). The summed E-state index contributed by atoms with van der Waals surface area (Å²) < 4.78 is 5.89. The summed E-state index contributed by atoms with van der Waals surface area (Å²) in [4.78, 5) is 10.6. The molecule has 0 amide bonds. The summed E-state index contributed by atoms with van der Waals surface area (Å²) in [5, 5.41) is 10.9. The Bertz CT molecular complexity index is 740. The molecule has 0 aliphatic heterocycles. The molecule has 0 atom stereocenters. The molecule has 3 aromatic rings. The van der Waals surface area contributed by atoms with E-state index in [2.05, 4.69) is 0 Å². The molecule has 0 saturated heterocycles. The van der Waals surface area contributed by atoms with Crippen LogP contribution in [-0.2, 0) is 11.2 Å². The summed E-state index contributed by atoms with van der Waals surface area (Å²) >= 11 is 0. The molecule has 0 saturated carbocycles. The minimum absolute atomic E-state index is 0.191. The number of carboxylic acids is 1. The fourth-order valence-corrected chi connectivity index (χ4v) is 2.43. The van der Waals surface area contributed by atoms with Crippen LogP contribution in [0.5, 0.6) is 0 Å². The second-order valence-electron chi connectivity index (χ2n) is 4.64. The van der Waals surface area contributed by atoms with Gasteiger partial charge in [-0.3, -0.25) is 4.79 Å². The number of rotatable bonds is 4. The van der Waals surface area contributed by atoms with Gasteiger partial charge in [-0.15, -0.1) is 0 Å². The molecule has 3 rings (SSSR count). The zero-order chi connectivity index (χ0) is 13.2. The van der Waals surface area contributed by atoms with Crippen LogP contribution in [0.25, 0.3) is 21.9 Å². The summed E-state index contributed by atoms with van der Waals surface area (Å²) in [6.45, 7) is 0. The third kappa shape index (κ3) is 2.19. The molecule has 1 heterocycles. The van der Waals surface area contributed by atoms with Crippen molar-refractivity contribution in [1.82, 2.24) is 0 Å². The van der Waals surface area contributed by atoms with Gasteiger partial charge >= 0.3 is 5.97 Å². The molecule has 0 fully saturated rings. The Labute approximate surface area is 110 Å². The average molecular weight is 254 g/mol. The van der Waals surface area contributed by atoms with Gasteiger partial charge in [0.15, 0.2) is 0 Å². The first kappa shape index (κ1) is 11.8. The molecule has 0 spiro atoms. The van der Waals surface area contributed by atoms with Gasteiger partial charge in [0, 0.05) is 17.2 Å². The number of aliphatic carboxylic acids is 1. The lowest BCUT2D eigenvalue weighted by Gasteiger charge is -2.00. The summed E-state index contributed by atoms with van der Waals surface area (Å²) in [6, 6.07) is 14.0. The van der Waals surface area contributed by atoms with Crippen LogP contribution in [0, 0.1) is 0 Å². The number of hydrogen-bond acceptors (Lipinski definition) is 2. The monoisotopic (exact) mass is 254 g/mol. The molecule has 96 valence electrons. The van der Waals surface area contributed by atoms with E-state index in [9.17, 15) is 4.79 Å². The normalized spacial score (nSPS) is 11.2. The van der Waals surface area contributed by atoms with Crippen LogP contribution >= 0.6 is 0 Å². The van der Waals surface area contributed by atoms with Gasteiger partial charge in [-0.1, -0.05) is 36.4 Å². The number of carboxylic acid groups (broad SMARTS) is 1. The molecular formula is C16H14O3. The molecule has 3 heteroatoms. The van der Waals surface area contributed by atoms with Gasteiger partial charge in [0.2, 0.25) is 0 Å². The second kappa shape index (κ2) is 4.76. The molecule has 0 bridgehead atoms. The first-order valence-electron chi connectivity index (χ1n) is 6.36. The summed E-state index contributed by atoms with van der Waals surface area (Å²) in [7, 11) is 0. The molecule has 0 aliphatic rings. The summed E-state index contributed by atoms with van der Waals surface area (Å²) in [5.74, 6) is -0.753. The Morgan fingerprint density at radius 1 is 1.05 bits per heavy atom. The first-order chi connectivity index (χ1) is 9.25. The zero-order valence-corrected chi connectivity index (χ0v) is 10.4. The SMILES string of the molecule is O=C(O)CCCc1cccc2c1oc1ccccc12.